The number of thioether (sulfide) groups is 1. The summed E-state index contributed by atoms with van der Waals surface area (Å²) in [6.07, 6.45) is 7.61. The maximum atomic E-state index is 10.6. The van der Waals surface area contributed by atoms with Crippen molar-refractivity contribution in [1.82, 2.24) is 9.80 Å². The quantitative estimate of drug-likeness (QED) is 0.862. The lowest BCUT2D eigenvalue weighted by molar-refractivity contribution is 0.0234. The summed E-state index contributed by atoms with van der Waals surface area (Å²) in [4.78, 5) is 4.37. The second-order valence-corrected chi connectivity index (χ2v) is 8.83. The third-order valence-electron chi connectivity index (χ3n) is 4.87. The fraction of sp³-hybridized carbons (Fsp3) is 0.778. The van der Waals surface area contributed by atoms with Crippen LogP contribution in [-0.2, 0) is 6.54 Å². The highest BCUT2D eigenvalue weighted by atomic mass is 32.2. The molecule has 1 aliphatic heterocycles. The lowest BCUT2D eigenvalue weighted by atomic mass is 10.0. The van der Waals surface area contributed by atoms with E-state index < -0.39 is 5.60 Å². The Morgan fingerprint density at radius 1 is 1.30 bits per heavy atom. The Morgan fingerprint density at radius 2 is 2.09 bits per heavy atom. The number of β-amino-alcohol motifs (C(OH)–C–C–N with tert-alkyl or cyclic N) is 1. The van der Waals surface area contributed by atoms with Gasteiger partial charge in [0.15, 0.2) is 5.09 Å². The Balaban J connectivity index is 1.49. The molecule has 0 amide bonds. The number of hydrogen-bond acceptors (Lipinski definition) is 5. The molecule has 4 nitrogen and oxygen atoms in total. The number of rotatable bonds is 6. The van der Waals surface area contributed by atoms with Gasteiger partial charge in [-0.3, -0.25) is 4.90 Å². The highest BCUT2D eigenvalue weighted by Crippen LogP contribution is 2.35. The molecule has 0 aromatic carbocycles. The Hall–Kier alpha value is -0.490. The van der Waals surface area contributed by atoms with Crippen molar-refractivity contribution in [3.05, 3.63) is 17.9 Å². The van der Waals surface area contributed by atoms with E-state index in [1.165, 1.54) is 32.1 Å². The van der Waals surface area contributed by atoms with Gasteiger partial charge >= 0.3 is 0 Å². The van der Waals surface area contributed by atoms with Gasteiger partial charge in [-0.2, -0.15) is 0 Å². The van der Waals surface area contributed by atoms with E-state index >= 15 is 0 Å². The lowest BCUT2D eigenvalue weighted by Gasteiger charge is -2.26. The van der Waals surface area contributed by atoms with Gasteiger partial charge < -0.3 is 14.4 Å². The van der Waals surface area contributed by atoms with Crippen LogP contribution in [0.2, 0.25) is 0 Å². The van der Waals surface area contributed by atoms with Crippen LogP contribution in [0.3, 0.4) is 0 Å². The third kappa shape index (κ3) is 4.99. The van der Waals surface area contributed by atoms with Crippen molar-refractivity contribution >= 4 is 11.8 Å². The average Bonchev–Trinajstić information content (AvgIpc) is 3.07. The molecule has 2 fully saturated rings. The maximum Gasteiger partial charge on any atom is 0.160 e. The summed E-state index contributed by atoms with van der Waals surface area (Å²) in [6, 6.07) is 4.23. The molecule has 1 unspecified atom stereocenters. The number of likely N-dealkylation sites (N-methyl/N-ethyl adjacent to an activating group) is 1. The summed E-state index contributed by atoms with van der Waals surface area (Å²) in [5.41, 5.74) is -0.574. The Bertz CT molecular complexity index is 499. The summed E-state index contributed by atoms with van der Waals surface area (Å²) in [5.74, 6) is 1.03. The molecule has 130 valence electrons. The molecule has 1 aromatic rings. The molecule has 2 aliphatic rings. The first-order valence-electron chi connectivity index (χ1n) is 8.87. The summed E-state index contributed by atoms with van der Waals surface area (Å²) in [6.45, 7) is 3.21. The molecule has 0 spiro atoms. The standard InChI is InChI=1S/C18H30N2O2S/c1-19(2)13-18(21)10-11-20(14-18)12-15-8-9-17(22-15)23-16-6-4-3-5-7-16/h8-9,16,21H,3-7,10-14H2,1-2H3. The van der Waals surface area contributed by atoms with Crippen molar-refractivity contribution in [1.29, 1.82) is 0 Å². The molecule has 3 rings (SSSR count). The normalized spacial score (nSPS) is 27.1. The van der Waals surface area contributed by atoms with Gasteiger partial charge in [0, 0.05) is 24.9 Å². The van der Waals surface area contributed by atoms with Crippen LogP contribution < -0.4 is 0 Å². The van der Waals surface area contributed by atoms with Crippen LogP contribution in [0.1, 0.15) is 44.3 Å². The van der Waals surface area contributed by atoms with E-state index in [1.54, 1.807) is 0 Å². The van der Waals surface area contributed by atoms with E-state index in [2.05, 4.69) is 21.9 Å². The van der Waals surface area contributed by atoms with Crippen LogP contribution in [0, 0.1) is 0 Å². The number of furan rings is 1. The Kier molecular flexibility index (Phi) is 5.73. The van der Waals surface area contributed by atoms with Crippen LogP contribution in [-0.4, -0.2) is 59.5 Å². The largest absolute Gasteiger partial charge is 0.454 e. The number of aliphatic hydroxyl groups is 1. The topological polar surface area (TPSA) is 39.9 Å². The van der Waals surface area contributed by atoms with Crippen LogP contribution >= 0.6 is 11.8 Å². The van der Waals surface area contributed by atoms with E-state index in [9.17, 15) is 5.11 Å². The van der Waals surface area contributed by atoms with E-state index in [0.29, 0.717) is 0 Å². The van der Waals surface area contributed by atoms with E-state index in [-0.39, 0.29) is 0 Å². The fourth-order valence-corrected chi connectivity index (χ4v) is 5.07. The van der Waals surface area contributed by atoms with E-state index in [4.69, 9.17) is 4.42 Å². The van der Waals surface area contributed by atoms with Gasteiger partial charge in [-0.25, -0.2) is 0 Å². The van der Waals surface area contributed by atoms with Crippen molar-refractivity contribution in [3.63, 3.8) is 0 Å². The molecule has 1 atom stereocenters. The molecule has 1 aliphatic carbocycles. The van der Waals surface area contributed by atoms with Crippen LogP contribution in [0.4, 0.5) is 0 Å². The second-order valence-electron chi connectivity index (χ2n) is 7.52. The summed E-state index contributed by atoms with van der Waals surface area (Å²) in [7, 11) is 4.03. The number of nitrogens with zero attached hydrogens (tertiary/aromatic N) is 2. The number of hydrogen-bond donors (Lipinski definition) is 1. The molecule has 2 heterocycles. The molecule has 1 saturated heterocycles. The smallest absolute Gasteiger partial charge is 0.160 e. The van der Waals surface area contributed by atoms with Crippen molar-refractivity contribution in [2.24, 2.45) is 0 Å². The highest BCUT2D eigenvalue weighted by molar-refractivity contribution is 7.99. The summed E-state index contributed by atoms with van der Waals surface area (Å²) in [5, 5.41) is 12.4. The summed E-state index contributed by atoms with van der Waals surface area (Å²) >= 11 is 1.91. The minimum absolute atomic E-state index is 0.574. The molecule has 23 heavy (non-hydrogen) atoms. The van der Waals surface area contributed by atoms with Crippen molar-refractivity contribution in [2.45, 2.75) is 61.0 Å². The first-order valence-corrected chi connectivity index (χ1v) is 9.75. The second kappa shape index (κ2) is 7.60. The minimum atomic E-state index is -0.574. The van der Waals surface area contributed by atoms with Gasteiger partial charge in [0.1, 0.15) is 5.76 Å². The van der Waals surface area contributed by atoms with Gasteiger partial charge in [0.25, 0.3) is 0 Å². The zero-order valence-electron chi connectivity index (χ0n) is 14.5. The van der Waals surface area contributed by atoms with Gasteiger partial charge in [-0.15, -0.1) is 0 Å². The molecular formula is C18H30N2O2S. The SMILES string of the molecule is CN(C)CC1(O)CCN(Cc2ccc(SC3CCCCC3)o2)C1. The zero-order chi connectivity index (χ0) is 16.3. The van der Waals surface area contributed by atoms with E-state index in [1.807, 2.05) is 25.9 Å². The zero-order valence-corrected chi connectivity index (χ0v) is 15.3. The van der Waals surface area contributed by atoms with Gasteiger partial charge in [-0.1, -0.05) is 31.0 Å². The minimum Gasteiger partial charge on any atom is -0.454 e. The van der Waals surface area contributed by atoms with Gasteiger partial charge in [0.2, 0.25) is 0 Å². The summed E-state index contributed by atoms with van der Waals surface area (Å²) < 4.78 is 6.03. The lowest BCUT2D eigenvalue weighted by Crippen LogP contribution is -2.42. The molecule has 0 radical (unpaired) electrons. The molecule has 0 bridgehead atoms. The van der Waals surface area contributed by atoms with E-state index in [0.717, 1.165) is 48.7 Å². The molecule has 1 saturated carbocycles. The molecule has 1 aromatic heterocycles. The third-order valence-corrected chi connectivity index (χ3v) is 6.13. The highest BCUT2D eigenvalue weighted by Gasteiger charge is 2.36. The molecule has 5 heteroatoms. The first-order chi connectivity index (χ1) is 11.0. The first kappa shape index (κ1) is 17.3. The average molecular weight is 339 g/mol. The predicted molar refractivity (Wildman–Crippen MR) is 94.8 cm³/mol. The van der Waals surface area contributed by atoms with Gasteiger partial charge in [-0.05, 0) is 45.5 Å². The van der Waals surface area contributed by atoms with Crippen molar-refractivity contribution < 1.29 is 9.52 Å². The van der Waals surface area contributed by atoms with Crippen LogP contribution in [0.15, 0.2) is 21.6 Å². The number of likely N-dealkylation sites (tertiary alicyclic amines) is 1. The van der Waals surface area contributed by atoms with Crippen molar-refractivity contribution in [2.75, 3.05) is 33.7 Å². The monoisotopic (exact) mass is 338 g/mol. The predicted octanol–water partition coefficient (Wildman–Crippen LogP) is 3.20. The van der Waals surface area contributed by atoms with Gasteiger partial charge in [0.05, 0.1) is 12.1 Å². The Labute approximate surface area is 144 Å². The van der Waals surface area contributed by atoms with Crippen molar-refractivity contribution in [3.8, 4) is 0 Å². The molecular weight excluding hydrogens is 308 g/mol. The fourth-order valence-electron chi connectivity index (χ4n) is 3.87. The van der Waals surface area contributed by atoms with Crippen LogP contribution in [0.5, 0.6) is 0 Å². The van der Waals surface area contributed by atoms with Crippen LogP contribution in [0.25, 0.3) is 0 Å². The molecule has 1 N–H and O–H groups in total. The Morgan fingerprint density at radius 3 is 2.83 bits per heavy atom. The maximum absolute atomic E-state index is 10.6.